The van der Waals surface area contributed by atoms with E-state index in [-0.39, 0.29) is 0 Å². The average molecular weight is 252 g/mol. The lowest BCUT2D eigenvalue weighted by Gasteiger charge is -2.24. The Hall–Kier alpha value is -1.10. The molecule has 0 aliphatic carbocycles. The molecule has 1 aromatic rings. The highest BCUT2D eigenvalue weighted by Crippen LogP contribution is 2.12. The summed E-state index contributed by atoms with van der Waals surface area (Å²) in [6.07, 6.45) is 0.993. The number of hydrogen-bond acceptors (Lipinski definition) is 4. The van der Waals surface area contributed by atoms with Gasteiger partial charge in [-0.2, -0.15) is 0 Å². The summed E-state index contributed by atoms with van der Waals surface area (Å²) in [5.41, 5.74) is 6.80. The first-order valence-corrected chi connectivity index (χ1v) is 6.45. The van der Waals surface area contributed by atoms with E-state index in [0.29, 0.717) is 26.4 Å². The van der Waals surface area contributed by atoms with Crippen LogP contribution in [-0.2, 0) is 9.47 Å². The van der Waals surface area contributed by atoms with Crippen molar-refractivity contribution in [1.82, 2.24) is 0 Å². The molecule has 0 unspecified atom stereocenters. The molecular weight excluding hydrogens is 228 g/mol. The highest BCUT2D eigenvalue weighted by molar-refractivity contribution is 5.45. The maximum absolute atomic E-state index is 5.57. The summed E-state index contributed by atoms with van der Waals surface area (Å²) in [5.74, 6) is 0. The lowest BCUT2D eigenvalue weighted by Crippen LogP contribution is -2.30. The van der Waals surface area contributed by atoms with E-state index in [4.69, 9.17) is 15.2 Å². The summed E-state index contributed by atoms with van der Waals surface area (Å²) >= 11 is 0. The highest BCUT2D eigenvalue weighted by atomic mass is 16.5. The predicted octanol–water partition coefficient (Wildman–Crippen LogP) is 1.50. The van der Waals surface area contributed by atoms with Crippen molar-refractivity contribution in [3.8, 4) is 0 Å². The van der Waals surface area contributed by atoms with Gasteiger partial charge in [0.05, 0.1) is 19.8 Å². The van der Waals surface area contributed by atoms with Crippen molar-refractivity contribution in [3.05, 3.63) is 30.3 Å². The van der Waals surface area contributed by atoms with Gasteiger partial charge in [-0.05, 0) is 25.1 Å². The third kappa shape index (κ3) is 6.00. The van der Waals surface area contributed by atoms with Crippen LogP contribution in [0.4, 0.5) is 5.69 Å². The minimum atomic E-state index is 0.647. The van der Waals surface area contributed by atoms with E-state index in [9.17, 15) is 0 Å². The zero-order chi connectivity index (χ0) is 13.1. The molecule has 1 rings (SSSR count). The number of benzene rings is 1. The smallest absolute Gasteiger partial charge is 0.0701 e. The molecule has 0 fully saturated rings. The number of nitrogens with two attached hydrogens (primary N) is 1. The van der Waals surface area contributed by atoms with Gasteiger partial charge in [-0.15, -0.1) is 0 Å². The summed E-state index contributed by atoms with van der Waals surface area (Å²) in [5, 5.41) is 0. The van der Waals surface area contributed by atoms with E-state index >= 15 is 0 Å². The van der Waals surface area contributed by atoms with Gasteiger partial charge in [0.15, 0.2) is 0 Å². The first-order valence-electron chi connectivity index (χ1n) is 6.45. The van der Waals surface area contributed by atoms with Gasteiger partial charge in [-0.3, -0.25) is 0 Å². The van der Waals surface area contributed by atoms with Crippen molar-refractivity contribution in [1.29, 1.82) is 0 Å². The quantitative estimate of drug-likeness (QED) is 0.641. The van der Waals surface area contributed by atoms with Crippen molar-refractivity contribution < 1.29 is 9.47 Å². The van der Waals surface area contributed by atoms with Crippen LogP contribution in [0.15, 0.2) is 30.3 Å². The van der Waals surface area contributed by atoms with Crippen LogP contribution < -0.4 is 10.6 Å². The lowest BCUT2D eigenvalue weighted by molar-refractivity contribution is 0.0740. The Morgan fingerprint density at radius 1 is 1.06 bits per heavy atom. The van der Waals surface area contributed by atoms with Gasteiger partial charge >= 0.3 is 0 Å². The number of anilines is 1. The van der Waals surface area contributed by atoms with Crippen LogP contribution in [0.2, 0.25) is 0 Å². The molecule has 0 saturated carbocycles. The number of hydrogen-bond donors (Lipinski definition) is 1. The zero-order valence-electron chi connectivity index (χ0n) is 11.2. The normalized spacial score (nSPS) is 10.6. The van der Waals surface area contributed by atoms with E-state index in [1.807, 2.05) is 6.07 Å². The minimum absolute atomic E-state index is 0.647. The highest BCUT2D eigenvalue weighted by Gasteiger charge is 2.04. The van der Waals surface area contributed by atoms with Crippen molar-refractivity contribution in [2.45, 2.75) is 6.42 Å². The minimum Gasteiger partial charge on any atom is -0.382 e. The molecular formula is C14H24N2O2. The molecule has 0 bridgehead atoms. The molecule has 2 N–H and O–H groups in total. The fraction of sp³-hybridized carbons (Fsp3) is 0.571. The molecule has 0 heterocycles. The maximum atomic E-state index is 5.57. The van der Waals surface area contributed by atoms with Gasteiger partial charge < -0.3 is 20.1 Å². The largest absolute Gasteiger partial charge is 0.382 e. The molecule has 102 valence electrons. The lowest BCUT2D eigenvalue weighted by atomic mass is 10.2. The topological polar surface area (TPSA) is 47.7 Å². The Morgan fingerprint density at radius 2 is 1.83 bits per heavy atom. The first-order chi connectivity index (χ1) is 8.88. The third-order valence-electron chi connectivity index (χ3n) is 2.69. The second kappa shape index (κ2) is 9.88. The number of rotatable bonds is 10. The van der Waals surface area contributed by atoms with E-state index in [1.165, 1.54) is 5.69 Å². The molecule has 0 atom stereocenters. The molecule has 0 spiro atoms. The molecule has 18 heavy (non-hydrogen) atoms. The Labute approximate surface area is 110 Å². The van der Waals surface area contributed by atoms with Gasteiger partial charge in [0.1, 0.15) is 0 Å². The van der Waals surface area contributed by atoms with E-state index in [1.54, 1.807) is 7.11 Å². The summed E-state index contributed by atoms with van der Waals surface area (Å²) in [6.45, 7) is 4.57. The van der Waals surface area contributed by atoms with Gasteiger partial charge in [0.25, 0.3) is 0 Å². The Morgan fingerprint density at radius 3 is 2.50 bits per heavy atom. The molecule has 0 radical (unpaired) electrons. The van der Waals surface area contributed by atoms with Crippen LogP contribution in [-0.4, -0.2) is 46.6 Å². The second-order valence-corrected chi connectivity index (χ2v) is 4.07. The molecule has 0 aliphatic heterocycles. The summed E-state index contributed by atoms with van der Waals surface area (Å²) in [4.78, 5) is 2.31. The Kier molecular flexibility index (Phi) is 8.21. The van der Waals surface area contributed by atoms with Gasteiger partial charge in [0, 0.05) is 25.9 Å². The summed E-state index contributed by atoms with van der Waals surface area (Å²) in [7, 11) is 1.68. The maximum Gasteiger partial charge on any atom is 0.0701 e. The molecule has 0 amide bonds. The average Bonchev–Trinajstić information content (AvgIpc) is 2.43. The SMILES string of the molecule is COCCOCCN(CCCN)c1ccccc1. The number of para-hydroxylation sites is 1. The molecule has 0 aromatic heterocycles. The fourth-order valence-electron chi connectivity index (χ4n) is 1.71. The molecule has 4 nitrogen and oxygen atoms in total. The van der Waals surface area contributed by atoms with Gasteiger partial charge in [-0.1, -0.05) is 18.2 Å². The summed E-state index contributed by atoms with van der Waals surface area (Å²) in [6, 6.07) is 10.4. The molecule has 0 saturated heterocycles. The van der Waals surface area contributed by atoms with E-state index in [0.717, 1.165) is 19.5 Å². The molecule has 1 aromatic carbocycles. The van der Waals surface area contributed by atoms with Gasteiger partial charge in [-0.25, -0.2) is 0 Å². The first kappa shape index (κ1) is 15.0. The van der Waals surface area contributed by atoms with Crippen LogP contribution in [0.1, 0.15) is 6.42 Å². The van der Waals surface area contributed by atoms with E-state index < -0.39 is 0 Å². The zero-order valence-corrected chi connectivity index (χ0v) is 11.2. The number of methoxy groups -OCH3 is 1. The third-order valence-corrected chi connectivity index (χ3v) is 2.69. The summed E-state index contributed by atoms with van der Waals surface area (Å²) < 4.78 is 10.5. The van der Waals surface area contributed by atoms with E-state index in [2.05, 4.69) is 29.2 Å². The van der Waals surface area contributed by atoms with Crippen LogP contribution in [0, 0.1) is 0 Å². The van der Waals surface area contributed by atoms with Gasteiger partial charge in [0.2, 0.25) is 0 Å². The monoisotopic (exact) mass is 252 g/mol. The van der Waals surface area contributed by atoms with Crippen molar-refractivity contribution in [3.63, 3.8) is 0 Å². The van der Waals surface area contributed by atoms with Crippen LogP contribution in [0.3, 0.4) is 0 Å². The fourth-order valence-corrected chi connectivity index (χ4v) is 1.71. The predicted molar refractivity (Wildman–Crippen MR) is 75.0 cm³/mol. The standard InChI is InChI=1S/C14H24N2O2/c1-17-12-13-18-11-10-16(9-5-8-15)14-6-3-2-4-7-14/h2-4,6-7H,5,8-13,15H2,1H3. The van der Waals surface area contributed by atoms with Crippen LogP contribution >= 0.6 is 0 Å². The van der Waals surface area contributed by atoms with Crippen LogP contribution in [0.25, 0.3) is 0 Å². The van der Waals surface area contributed by atoms with Crippen molar-refractivity contribution >= 4 is 5.69 Å². The number of ether oxygens (including phenoxy) is 2. The Bertz CT molecular complexity index is 293. The molecule has 0 aliphatic rings. The van der Waals surface area contributed by atoms with Crippen LogP contribution in [0.5, 0.6) is 0 Å². The Balaban J connectivity index is 2.36. The van der Waals surface area contributed by atoms with Crippen molar-refractivity contribution in [2.75, 3.05) is 51.5 Å². The number of nitrogens with zero attached hydrogens (tertiary/aromatic N) is 1. The molecule has 4 heteroatoms. The second-order valence-electron chi connectivity index (χ2n) is 4.07. The van der Waals surface area contributed by atoms with Crippen molar-refractivity contribution in [2.24, 2.45) is 5.73 Å².